The van der Waals surface area contributed by atoms with Gasteiger partial charge in [-0.15, -0.1) is 0 Å². The van der Waals surface area contributed by atoms with Crippen LogP contribution in [0.15, 0.2) is 60.7 Å². The zero-order chi connectivity index (χ0) is 25.5. The zero-order valence-electron chi connectivity index (χ0n) is 19.2. The van der Waals surface area contributed by atoms with Gasteiger partial charge in [-0.3, -0.25) is 0 Å². The Morgan fingerprint density at radius 3 is 1.42 bits per heavy atom. The maximum atomic E-state index is 11.0. The Labute approximate surface area is 206 Å². The fourth-order valence-corrected chi connectivity index (χ4v) is 6.34. The van der Waals surface area contributed by atoms with Gasteiger partial charge in [0.15, 0.2) is 11.5 Å². The molecule has 0 saturated carbocycles. The zero-order valence-corrected chi connectivity index (χ0v) is 19.2. The molecule has 4 aromatic rings. The van der Waals surface area contributed by atoms with Crippen LogP contribution in [0.25, 0.3) is 0 Å². The lowest BCUT2D eigenvalue weighted by atomic mass is 9.78. The predicted molar refractivity (Wildman–Crippen MR) is 131 cm³/mol. The maximum absolute atomic E-state index is 11.0. The van der Waals surface area contributed by atoms with Gasteiger partial charge in [0, 0.05) is 46.9 Å². The summed E-state index contributed by atoms with van der Waals surface area (Å²) in [7, 11) is 0. The number of aromatic hydroxyl groups is 7. The molecule has 0 unspecified atom stereocenters. The number of hydrogen-bond acceptors (Lipinski definition) is 7. The largest absolute Gasteiger partial charge is 0.508 e. The quantitative estimate of drug-likeness (QED) is 0.196. The van der Waals surface area contributed by atoms with Gasteiger partial charge >= 0.3 is 0 Å². The highest BCUT2D eigenvalue weighted by Crippen LogP contribution is 2.69. The summed E-state index contributed by atoms with van der Waals surface area (Å²) in [6.07, 6.45) is 0. The van der Waals surface area contributed by atoms with Crippen molar-refractivity contribution in [2.75, 3.05) is 0 Å². The summed E-state index contributed by atoms with van der Waals surface area (Å²) in [4.78, 5) is 0. The van der Waals surface area contributed by atoms with E-state index in [-0.39, 0.29) is 46.2 Å². The summed E-state index contributed by atoms with van der Waals surface area (Å²) >= 11 is 0. The van der Waals surface area contributed by atoms with Crippen LogP contribution in [0.4, 0.5) is 0 Å². The van der Waals surface area contributed by atoms with Crippen molar-refractivity contribution in [2.24, 2.45) is 0 Å². The van der Waals surface area contributed by atoms with Crippen molar-refractivity contribution < 1.29 is 35.7 Å². The van der Waals surface area contributed by atoms with Crippen LogP contribution in [0, 0.1) is 6.92 Å². The van der Waals surface area contributed by atoms with Gasteiger partial charge in [-0.05, 0) is 65.1 Å². The normalized spacial score (nSPS) is 21.7. The summed E-state index contributed by atoms with van der Waals surface area (Å²) in [5.74, 6) is -2.72. The first-order chi connectivity index (χ1) is 17.2. The Bertz CT molecular complexity index is 1440. The number of hydrogen-bond donors (Lipinski definition) is 7. The highest BCUT2D eigenvalue weighted by atomic mass is 16.3. The van der Waals surface area contributed by atoms with Crippen LogP contribution in [-0.4, -0.2) is 35.7 Å². The molecule has 0 aromatic heterocycles. The number of fused-ring (bicyclic) bond motifs is 5. The van der Waals surface area contributed by atoms with Crippen LogP contribution >= 0.6 is 0 Å². The lowest BCUT2D eigenvalue weighted by Crippen LogP contribution is -2.10. The van der Waals surface area contributed by atoms with E-state index >= 15 is 0 Å². The van der Waals surface area contributed by atoms with E-state index in [9.17, 15) is 35.7 Å². The highest BCUT2D eigenvalue weighted by molar-refractivity contribution is 5.68. The maximum Gasteiger partial charge on any atom is 0.157 e. The molecule has 0 spiro atoms. The minimum absolute atomic E-state index is 0.0947. The van der Waals surface area contributed by atoms with Gasteiger partial charge in [-0.1, -0.05) is 18.2 Å². The van der Waals surface area contributed by atoms with Gasteiger partial charge in [-0.25, -0.2) is 0 Å². The number of benzene rings is 4. The average molecular weight is 485 g/mol. The molecule has 4 atom stereocenters. The topological polar surface area (TPSA) is 142 Å². The lowest BCUT2D eigenvalue weighted by Gasteiger charge is -2.24. The van der Waals surface area contributed by atoms with Crippen molar-refractivity contribution in [3.8, 4) is 40.2 Å². The smallest absolute Gasteiger partial charge is 0.157 e. The van der Waals surface area contributed by atoms with E-state index in [1.807, 2.05) is 6.07 Å². The molecule has 0 radical (unpaired) electrons. The van der Waals surface area contributed by atoms with Crippen LogP contribution in [0.2, 0.25) is 0 Å². The third kappa shape index (κ3) is 2.99. The van der Waals surface area contributed by atoms with Crippen molar-refractivity contribution >= 4 is 0 Å². The van der Waals surface area contributed by atoms with Gasteiger partial charge in [0.1, 0.15) is 28.7 Å². The molecule has 0 saturated heterocycles. The second-order valence-electron chi connectivity index (χ2n) is 9.74. The van der Waals surface area contributed by atoms with Crippen molar-refractivity contribution in [1.29, 1.82) is 0 Å². The first-order valence-corrected chi connectivity index (χ1v) is 11.6. The minimum atomic E-state index is -0.527. The van der Waals surface area contributed by atoms with Gasteiger partial charge in [0.2, 0.25) is 0 Å². The van der Waals surface area contributed by atoms with Crippen LogP contribution < -0.4 is 0 Å². The van der Waals surface area contributed by atoms with Crippen molar-refractivity contribution in [3.05, 3.63) is 99.6 Å². The molecule has 2 aliphatic rings. The summed E-state index contributed by atoms with van der Waals surface area (Å²) < 4.78 is 0. The molecule has 0 bridgehead atoms. The summed E-state index contributed by atoms with van der Waals surface area (Å²) in [6, 6.07) is 15.5. The van der Waals surface area contributed by atoms with Crippen molar-refractivity contribution in [1.82, 2.24) is 0 Å². The molecule has 7 heteroatoms. The van der Waals surface area contributed by atoms with E-state index in [1.165, 1.54) is 24.3 Å². The Hall–Kier alpha value is -4.52. The molecule has 7 nitrogen and oxygen atoms in total. The Balaban J connectivity index is 1.68. The first kappa shape index (κ1) is 22.0. The molecular weight excluding hydrogens is 460 g/mol. The molecule has 7 N–H and O–H groups in total. The van der Waals surface area contributed by atoms with Crippen LogP contribution in [0.5, 0.6) is 40.2 Å². The molecule has 182 valence electrons. The molecule has 0 heterocycles. The van der Waals surface area contributed by atoms with E-state index in [1.54, 1.807) is 37.3 Å². The van der Waals surface area contributed by atoms with E-state index in [4.69, 9.17) is 0 Å². The SMILES string of the molecule is Cc1ccc([C@@H]2c3c(O)cc(O)cc3[C@H]3[C@H](c4ccc(O)c(O)c4)c4c(O)cc(O)cc4[C@@H]23)cc1O. The standard InChI is InChI=1S/C29H24O7/c1-12-2-3-13(6-20(12)33)24-26-17(8-15(30)10-22(26)35)29-25(14-4-5-19(32)21(34)7-14)27-18(28(24)29)9-16(31)11-23(27)36/h2-11,24-25,28-36H,1H3/t24-,25-,28+,29+/m1/s1. The van der Waals surface area contributed by atoms with E-state index in [2.05, 4.69) is 0 Å². The molecule has 0 fully saturated rings. The van der Waals surface area contributed by atoms with E-state index < -0.39 is 17.8 Å². The molecular formula is C29H24O7. The van der Waals surface area contributed by atoms with Gasteiger partial charge in [0.25, 0.3) is 0 Å². The number of phenolic OH excluding ortho intramolecular Hbond substituents is 7. The third-order valence-corrected chi connectivity index (χ3v) is 7.75. The average Bonchev–Trinajstić information content (AvgIpc) is 3.31. The lowest BCUT2D eigenvalue weighted by molar-refractivity contribution is 0.402. The van der Waals surface area contributed by atoms with Crippen LogP contribution in [0.3, 0.4) is 0 Å². The second kappa shape index (κ2) is 7.49. The van der Waals surface area contributed by atoms with Gasteiger partial charge < -0.3 is 35.7 Å². The fourth-order valence-electron chi connectivity index (χ4n) is 6.34. The third-order valence-electron chi connectivity index (χ3n) is 7.75. The Morgan fingerprint density at radius 1 is 0.472 bits per heavy atom. The van der Waals surface area contributed by atoms with Crippen LogP contribution in [-0.2, 0) is 0 Å². The van der Waals surface area contributed by atoms with Gasteiger partial charge in [-0.2, -0.15) is 0 Å². The predicted octanol–water partition coefficient (Wildman–Crippen LogP) is 5.09. The van der Waals surface area contributed by atoms with Crippen molar-refractivity contribution in [3.63, 3.8) is 0 Å². The van der Waals surface area contributed by atoms with Crippen molar-refractivity contribution in [2.45, 2.75) is 30.6 Å². The second-order valence-corrected chi connectivity index (χ2v) is 9.74. The molecule has 2 aliphatic carbocycles. The van der Waals surface area contributed by atoms with E-state index in [0.29, 0.717) is 33.4 Å². The highest BCUT2D eigenvalue weighted by Gasteiger charge is 2.54. The molecule has 0 aliphatic heterocycles. The van der Waals surface area contributed by atoms with Gasteiger partial charge in [0.05, 0.1) is 0 Å². The molecule has 0 amide bonds. The minimum Gasteiger partial charge on any atom is -0.508 e. The first-order valence-electron chi connectivity index (χ1n) is 11.6. The number of aryl methyl sites for hydroxylation is 1. The summed E-state index contributed by atoms with van der Waals surface area (Å²) in [5.41, 5.74) is 4.51. The number of rotatable bonds is 2. The Morgan fingerprint density at radius 2 is 0.944 bits per heavy atom. The molecule has 6 rings (SSSR count). The van der Waals surface area contributed by atoms with Crippen LogP contribution in [0.1, 0.15) is 62.6 Å². The monoisotopic (exact) mass is 484 g/mol. The molecule has 4 aromatic carbocycles. The summed E-state index contributed by atoms with van der Waals surface area (Å²) in [5, 5.41) is 73.6. The fraction of sp³-hybridized carbons (Fsp3) is 0.172. The summed E-state index contributed by atoms with van der Waals surface area (Å²) in [6.45, 7) is 1.79. The van der Waals surface area contributed by atoms with E-state index in [0.717, 1.165) is 5.56 Å². The number of phenols is 7. The Kier molecular flexibility index (Phi) is 4.57. The molecule has 36 heavy (non-hydrogen) atoms.